The fraction of sp³-hybridized carbons (Fsp3) is 0.600. The molecular weight excluding hydrogens is 246 g/mol. The van der Waals surface area contributed by atoms with Gasteiger partial charge in [-0.1, -0.05) is 13.3 Å². The van der Waals surface area contributed by atoms with Crippen LogP contribution in [-0.4, -0.2) is 18.0 Å². The minimum absolute atomic E-state index is 0.961. The second kappa shape index (κ2) is 4.11. The van der Waals surface area contributed by atoms with E-state index in [1.54, 1.807) is 0 Å². The van der Waals surface area contributed by atoms with Gasteiger partial charge in [-0.2, -0.15) is 0 Å². The maximum atomic E-state index is 3.48. The normalized spacial score (nSPS) is 18.9. The molecule has 1 aromatic heterocycles. The van der Waals surface area contributed by atoms with Crippen molar-refractivity contribution in [3.8, 4) is 0 Å². The summed E-state index contributed by atoms with van der Waals surface area (Å²) in [6.07, 6.45) is 1.34. The minimum atomic E-state index is 0.961. The molecule has 0 bridgehead atoms. The van der Waals surface area contributed by atoms with Gasteiger partial charge in [-0.25, -0.2) is 0 Å². The molecule has 1 saturated heterocycles. The van der Waals surface area contributed by atoms with Crippen molar-refractivity contribution < 1.29 is 0 Å². The van der Waals surface area contributed by atoms with Crippen LogP contribution in [0.15, 0.2) is 15.9 Å². The maximum Gasteiger partial charge on any atom is 0.0328 e. The molecule has 0 amide bonds. The van der Waals surface area contributed by atoms with E-state index < -0.39 is 0 Å². The summed E-state index contributed by atoms with van der Waals surface area (Å²) < 4.78 is 1.22. The molecule has 1 nitrogen and oxygen atoms in total. The van der Waals surface area contributed by atoms with Gasteiger partial charge in [0.2, 0.25) is 0 Å². The van der Waals surface area contributed by atoms with Crippen LogP contribution in [0.1, 0.15) is 18.2 Å². The topological polar surface area (TPSA) is 3.24 Å². The van der Waals surface area contributed by atoms with Crippen LogP contribution < -0.4 is 0 Å². The third kappa shape index (κ3) is 2.33. The first kappa shape index (κ1) is 9.69. The van der Waals surface area contributed by atoms with Crippen molar-refractivity contribution in [3.05, 3.63) is 20.8 Å². The van der Waals surface area contributed by atoms with Crippen molar-refractivity contribution in [3.63, 3.8) is 0 Å². The Labute approximate surface area is 91.9 Å². The molecule has 72 valence electrons. The zero-order valence-electron chi connectivity index (χ0n) is 7.79. The monoisotopic (exact) mass is 259 g/mol. The molecule has 0 aromatic carbocycles. The molecular formula is C10H14BrNS. The number of hydrogen-bond acceptors (Lipinski definition) is 2. The molecule has 0 N–H and O–H groups in total. The molecule has 2 heterocycles. The van der Waals surface area contributed by atoms with Crippen LogP contribution in [0.25, 0.3) is 0 Å². The van der Waals surface area contributed by atoms with Crippen LogP contribution in [0.3, 0.4) is 0 Å². The van der Waals surface area contributed by atoms with Gasteiger partial charge in [0.25, 0.3) is 0 Å². The zero-order valence-corrected chi connectivity index (χ0v) is 10.2. The Balaban J connectivity index is 1.81. The van der Waals surface area contributed by atoms with Crippen molar-refractivity contribution in [1.82, 2.24) is 4.90 Å². The van der Waals surface area contributed by atoms with Gasteiger partial charge in [0.1, 0.15) is 0 Å². The van der Waals surface area contributed by atoms with E-state index in [9.17, 15) is 0 Å². The second-order valence-electron chi connectivity index (χ2n) is 3.70. The molecule has 1 fully saturated rings. The standard InChI is InChI=1S/C10H14BrNS/c1-2-8-4-12(5-8)6-10-3-9(11)7-13-10/h3,7-8H,2,4-6H2,1H3. The first-order chi connectivity index (χ1) is 6.28. The lowest BCUT2D eigenvalue weighted by Crippen LogP contribution is -2.45. The third-order valence-corrected chi connectivity index (χ3v) is 4.29. The molecule has 1 aliphatic rings. The Kier molecular flexibility index (Phi) is 3.06. The largest absolute Gasteiger partial charge is 0.298 e. The summed E-state index contributed by atoms with van der Waals surface area (Å²) in [4.78, 5) is 3.99. The van der Waals surface area contributed by atoms with E-state index in [-0.39, 0.29) is 0 Å². The summed E-state index contributed by atoms with van der Waals surface area (Å²) in [7, 11) is 0. The number of thiophene rings is 1. The van der Waals surface area contributed by atoms with Gasteiger partial charge in [0.05, 0.1) is 0 Å². The maximum absolute atomic E-state index is 3.48. The first-order valence-electron chi connectivity index (χ1n) is 4.73. The third-order valence-electron chi connectivity index (χ3n) is 2.61. The molecule has 0 unspecified atom stereocenters. The van der Waals surface area contributed by atoms with Gasteiger partial charge in [0, 0.05) is 34.4 Å². The van der Waals surface area contributed by atoms with Crippen LogP contribution in [0.2, 0.25) is 0 Å². The number of rotatable bonds is 3. The van der Waals surface area contributed by atoms with Gasteiger partial charge in [-0.05, 0) is 27.9 Å². The fourth-order valence-corrected chi connectivity index (χ4v) is 3.21. The van der Waals surface area contributed by atoms with Gasteiger partial charge in [0.15, 0.2) is 0 Å². The number of nitrogens with zero attached hydrogens (tertiary/aromatic N) is 1. The molecule has 3 heteroatoms. The van der Waals surface area contributed by atoms with E-state index in [4.69, 9.17) is 0 Å². The molecule has 2 rings (SSSR count). The highest BCUT2D eigenvalue weighted by Crippen LogP contribution is 2.25. The van der Waals surface area contributed by atoms with E-state index >= 15 is 0 Å². The fourth-order valence-electron chi connectivity index (χ4n) is 1.72. The Morgan fingerprint density at radius 2 is 2.38 bits per heavy atom. The average Bonchev–Trinajstić information content (AvgIpc) is 2.43. The van der Waals surface area contributed by atoms with Crippen molar-refractivity contribution >= 4 is 27.3 Å². The predicted molar refractivity (Wildman–Crippen MR) is 61.1 cm³/mol. The Hall–Kier alpha value is 0.140. The van der Waals surface area contributed by atoms with Gasteiger partial charge in [-0.3, -0.25) is 4.90 Å². The quantitative estimate of drug-likeness (QED) is 0.805. The summed E-state index contributed by atoms with van der Waals surface area (Å²) >= 11 is 5.33. The van der Waals surface area contributed by atoms with Crippen molar-refractivity contribution in [2.75, 3.05) is 13.1 Å². The molecule has 1 aromatic rings. The smallest absolute Gasteiger partial charge is 0.0328 e. The SMILES string of the molecule is CCC1CN(Cc2cc(Br)cs2)C1. The predicted octanol–water partition coefficient (Wildman–Crippen LogP) is 3.35. The molecule has 0 spiro atoms. The van der Waals surface area contributed by atoms with Gasteiger partial charge >= 0.3 is 0 Å². The average molecular weight is 260 g/mol. The van der Waals surface area contributed by atoms with E-state index in [1.165, 1.54) is 28.9 Å². The molecule has 1 aliphatic heterocycles. The van der Waals surface area contributed by atoms with Crippen LogP contribution in [-0.2, 0) is 6.54 Å². The molecule has 13 heavy (non-hydrogen) atoms. The van der Waals surface area contributed by atoms with Crippen LogP contribution in [0.4, 0.5) is 0 Å². The highest BCUT2D eigenvalue weighted by atomic mass is 79.9. The minimum Gasteiger partial charge on any atom is -0.298 e. The van der Waals surface area contributed by atoms with E-state index in [2.05, 4.69) is 39.2 Å². The van der Waals surface area contributed by atoms with Crippen molar-refractivity contribution in [2.45, 2.75) is 19.9 Å². The van der Waals surface area contributed by atoms with Gasteiger partial charge in [-0.15, -0.1) is 11.3 Å². The molecule has 0 atom stereocenters. The zero-order chi connectivity index (χ0) is 9.26. The Morgan fingerprint density at radius 1 is 1.62 bits per heavy atom. The van der Waals surface area contributed by atoms with E-state index in [0.29, 0.717) is 0 Å². The first-order valence-corrected chi connectivity index (χ1v) is 6.40. The number of halogens is 1. The lowest BCUT2D eigenvalue weighted by Gasteiger charge is -2.38. The van der Waals surface area contributed by atoms with E-state index in [0.717, 1.165) is 12.5 Å². The Bertz CT molecular complexity index is 278. The summed E-state index contributed by atoms with van der Waals surface area (Å²) in [5, 5.41) is 2.16. The summed E-state index contributed by atoms with van der Waals surface area (Å²) in [6.45, 7) is 6.02. The lowest BCUT2D eigenvalue weighted by atomic mass is 9.97. The molecule has 0 saturated carbocycles. The molecule has 0 radical (unpaired) electrons. The highest BCUT2D eigenvalue weighted by Gasteiger charge is 2.24. The van der Waals surface area contributed by atoms with Crippen LogP contribution in [0.5, 0.6) is 0 Å². The number of likely N-dealkylation sites (tertiary alicyclic amines) is 1. The lowest BCUT2D eigenvalue weighted by molar-refractivity contribution is 0.0910. The summed E-state index contributed by atoms with van der Waals surface area (Å²) in [5.74, 6) is 0.961. The van der Waals surface area contributed by atoms with Crippen LogP contribution >= 0.6 is 27.3 Å². The van der Waals surface area contributed by atoms with Gasteiger partial charge < -0.3 is 0 Å². The highest BCUT2D eigenvalue weighted by molar-refractivity contribution is 9.10. The summed E-state index contributed by atoms with van der Waals surface area (Å²) in [5.41, 5.74) is 0. The van der Waals surface area contributed by atoms with Crippen LogP contribution in [0, 0.1) is 5.92 Å². The van der Waals surface area contributed by atoms with Crippen molar-refractivity contribution in [2.24, 2.45) is 5.92 Å². The van der Waals surface area contributed by atoms with Crippen molar-refractivity contribution in [1.29, 1.82) is 0 Å². The second-order valence-corrected chi connectivity index (χ2v) is 5.61. The van der Waals surface area contributed by atoms with E-state index in [1.807, 2.05) is 11.3 Å². The molecule has 0 aliphatic carbocycles. The number of hydrogen-bond donors (Lipinski definition) is 0. The Morgan fingerprint density at radius 3 is 2.92 bits per heavy atom. The summed E-state index contributed by atoms with van der Waals surface area (Å²) in [6, 6.07) is 2.23.